The topological polar surface area (TPSA) is 12.0 Å². The van der Waals surface area contributed by atoms with Crippen molar-refractivity contribution >= 4 is 0 Å². The molecule has 1 N–H and O–H groups in total. The van der Waals surface area contributed by atoms with Gasteiger partial charge in [-0.05, 0) is 20.0 Å². The number of hydrogen-bond donors (Lipinski definition) is 1. The van der Waals surface area contributed by atoms with Gasteiger partial charge in [0.25, 0.3) is 0 Å². The Kier molecular flexibility index (Phi) is 59.8. The van der Waals surface area contributed by atoms with Gasteiger partial charge in [-0.25, -0.2) is 0 Å². The standard InChI is InChI=1S/C5H13N.2C2H6.H2/c1-3-4-5-6-2;2*1-2;/h6H,3-5H2,1-2H3;2*1-2H3;1H. The third kappa shape index (κ3) is 44.0. The van der Waals surface area contributed by atoms with Crippen LogP contribution in [0.5, 0.6) is 0 Å². The molecule has 0 bridgehead atoms. The Labute approximate surface area is 68.7 Å². The Bertz CT molecular complexity index is 21.5. The lowest BCUT2D eigenvalue weighted by Gasteiger charge is -1.89. The number of rotatable bonds is 3. The predicted molar refractivity (Wildman–Crippen MR) is 53.6 cm³/mol. The summed E-state index contributed by atoms with van der Waals surface area (Å²) < 4.78 is 0. The molecule has 0 aliphatic carbocycles. The quantitative estimate of drug-likeness (QED) is 0.607. The molecule has 0 saturated heterocycles. The van der Waals surface area contributed by atoms with Crippen LogP contribution >= 0.6 is 0 Å². The summed E-state index contributed by atoms with van der Waals surface area (Å²) in [6.45, 7) is 11.4. The van der Waals surface area contributed by atoms with Gasteiger partial charge in [0, 0.05) is 1.43 Å². The van der Waals surface area contributed by atoms with Crippen LogP contribution in [-0.4, -0.2) is 13.6 Å². The molecule has 0 amide bonds. The van der Waals surface area contributed by atoms with E-state index in [0.29, 0.717) is 0 Å². The van der Waals surface area contributed by atoms with Gasteiger partial charge in [0.1, 0.15) is 0 Å². The Balaban J connectivity index is -0.0000000428. The fourth-order valence-corrected chi connectivity index (χ4v) is 0.354. The maximum absolute atomic E-state index is 3.07. The molecule has 0 radical (unpaired) electrons. The van der Waals surface area contributed by atoms with E-state index < -0.39 is 0 Å². The Morgan fingerprint density at radius 2 is 1.50 bits per heavy atom. The van der Waals surface area contributed by atoms with Crippen LogP contribution in [0.15, 0.2) is 0 Å². The second-order valence-corrected chi connectivity index (χ2v) is 1.46. The predicted octanol–water partition coefficient (Wildman–Crippen LogP) is 3.30. The first-order valence-corrected chi connectivity index (χ1v) is 4.56. The summed E-state index contributed by atoms with van der Waals surface area (Å²) >= 11 is 0. The molecular weight excluding hydrogens is 122 g/mol. The molecule has 1 heteroatoms. The first-order chi connectivity index (χ1) is 4.91. The summed E-state index contributed by atoms with van der Waals surface area (Å²) in [6, 6.07) is 0. The second-order valence-electron chi connectivity index (χ2n) is 1.46. The number of hydrogen-bond acceptors (Lipinski definition) is 1. The minimum atomic E-state index is 0. The molecule has 0 aromatic rings. The van der Waals surface area contributed by atoms with E-state index in [1.807, 2.05) is 34.7 Å². The molecule has 0 aliphatic rings. The molecule has 0 spiro atoms. The molecule has 0 fully saturated rings. The molecule has 0 saturated carbocycles. The highest BCUT2D eigenvalue weighted by molar-refractivity contribution is 4.34. The molecule has 1 nitrogen and oxygen atoms in total. The maximum Gasteiger partial charge on any atom is 0 e. The van der Waals surface area contributed by atoms with Gasteiger partial charge in [-0.2, -0.15) is 0 Å². The van der Waals surface area contributed by atoms with Crippen LogP contribution < -0.4 is 5.32 Å². The van der Waals surface area contributed by atoms with Gasteiger partial charge >= 0.3 is 0 Å². The zero-order chi connectivity index (χ0) is 8.83. The zero-order valence-corrected chi connectivity index (χ0v) is 8.62. The number of unbranched alkanes of at least 4 members (excludes halogenated alkanes) is 1. The average molecular weight is 149 g/mol. The zero-order valence-electron chi connectivity index (χ0n) is 8.62. The lowest BCUT2D eigenvalue weighted by Crippen LogP contribution is -2.06. The highest BCUT2D eigenvalue weighted by Gasteiger charge is 1.73. The van der Waals surface area contributed by atoms with Crippen molar-refractivity contribution in [3.8, 4) is 0 Å². The van der Waals surface area contributed by atoms with Crippen LogP contribution in [0.1, 0.15) is 48.9 Å². The summed E-state index contributed by atoms with van der Waals surface area (Å²) in [6.07, 6.45) is 2.59. The van der Waals surface area contributed by atoms with Crippen molar-refractivity contribution in [2.24, 2.45) is 0 Å². The van der Waals surface area contributed by atoms with Gasteiger partial charge in [0.05, 0.1) is 0 Å². The van der Waals surface area contributed by atoms with Crippen molar-refractivity contribution in [2.45, 2.75) is 47.5 Å². The largest absolute Gasteiger partial charge is 0.320 e. The van der Waals surface area contributed by atoms with Crippen LogP contribution in [-0.2, 0) is 0 Å². The van der Waals surface area contributed by atoms with Crippen molar-refractivity contribution in [3.05, 3.63) is 0 Å². The maximum atomic E-state index is 3.07. The molecule has 68 valence electrons. The molecule has 0 aromatic carbocycles. The molecule has 0 aromatic heterocycles. The first-order valence-electron chi connectivity index (χ1n) is 4.56. The molecule has 10 heavy (non-hydrogen) atoms. The fraction of sp³-hybridized carbons (Fsp3) is 1.00. The van der Waals surface area contributed by atoms with Crippen LogP contribution in [0.3, 0.4) is 0 Å². The highest BCUT2D eigenvalue weighted by Crippen LogP contribution is 1.79. The minimum Gasteiger partial charge on any atom is -0.320 e. The van der Waals surface area contributed by atoms with Gasteiger partial charge in [-0.1, -0.05) is 41.0 Å². The monoisotopic (exact) mass is 149 g/mol. The number of nitrogens with one attached hydrogen (secondary N) is 1. The normalized spacial score (nSPS) is 6.60. The molecule has 0 unspecified atom stereocenters. The van der Waals surface area contributed by atoms with Gasteiger partial charge in [0.15, 0.2) is 0 Å². The van der Waals surface area contributed by atoms with E-state index in [2.05, 4.69) is 12.2 Å². The Hall–Kier alpha value is -0.0400. The molecular formula is C9H27N. The third-order valence-corrected chi connectivity index (χ3v) is 0.780. The van der Waals surface area contributed by atoms with Crippen molar-refractivity contribution in [3.63, 3.8) is 0 Å². The van der Waals surface area contributed by atoms with E-state index in [1.165, 1.54) is 12.8 Å². The van der Waals surface area contributed by atoms with Gasteiger partial charge in [0.2, 0.25) is 0 Å². The van der Waals surface area contributed by atoms with Crippen LogP contribution in [0.25, 0.3) is 0 Å². The van der Waals surface area contributed by atoms with E-state index in [0.717, 1.165) is 6.54 Å². The molecule has 0 rings (SSSR count). The SMILES string of the molecule is CC.CC.CCCCNC.[HH]. The second kappa shape index (κ2) is 36.2. The van der Waals surface area contributed by atoms with Crippen LogP contribution in [0.2, 0.25) is 0 Å². The van der Waals surface area contributed by atoms with Gasteiger partial charge in [-0.3, -0.25) is 0 Å². The van der Waals surface area contributed by atoms with E-state index in [9.17, 15) is 0 Å². The molecule has 0 heterocycles. The van der Waals surface area contributed by atoms with E-state index >= 15 is 0 Å². The Morgan fingerprint density at radius 1 is 1.10 bits per heavy atom. The smallest absolute Gasteiger partial charge is 0 e. The fourth-order valence-electron chi connectivity index (χ4n) is 0.354. The van der Waals surface area contributed by atoms with Crippen molar-refractivity contribution in [1.82, 2.24) is 5.32 Å². The van der Waals surface area contributed by atoms with Crippen LogP contribution in [0, 0.1) is 0 Å². The van der Waals surface area contributed by atoms with Crippen molar-refractivity contribution < 1.29 is 1.43 Å². The third-order valence-electron chi connectivity index (χ3n) is 0.780. The van der Waals surface area contributed by atoms with E-state index in [-0.39, 0.29) is 1.43 Å². The van der Waals surface area contributed by atoms with Crippen molar-refractivity contribution in [1.29, 1.82) is 0 Å². The summed E-state index contributed by atoms with van der Waals surface area (Å²) in [7, 11) is 1.98. The lowest BCUT2D eigenvalue weighted by molar-refractivity contribution is 0.711. The van der Waals surface area contributed by atoms with Crippen molar-refractivity contribution in [2.75, 3.05) is 13.6 Å². The Morgan fingerprint density at radius 3 is 1.60 bits per heavy atom. The summed E-state index contributed by atoms with van der Waals surface area (Å²) in [5, 5.41) is 3.07. The average Bonchev–Trinajstić information content (AvgIpc) is 2.08. The van der Waals surface area contributed by atoms with E-state index in [1.54, 1.807) is 0 Å². The molecule has 0 atom stereocenters. The van der Waals surface area contributed by atoms with E-state index in [4.69, 9.17) is 0 Å². The lowest BCUT2D eigenvalue weighted by atomic mass is 10.3. The molecule has 0 aliphatic heterocycles. The van der Waals surface area contributed by atoms with Crippen LogP contribution in [0.4, 0.5) is 0 Å². The summed E-state index contributed by atoms with van der Waals surface area (Å²) in [5.41, 5.74) is 0. The summed E-state index contributed by atoms with van der Waals surface area (Å²) in [5.74, 6) is 0. The summed E-state index contributed by atoms with van der Waals surface area (Å²) in [4.78, 5) is 0. The first kappa shape index (κ1) is 16.5. The van der Waals surface area contributed by atoms with Gasteiger partial charge < -0.3 is 5.32 Å². The highest BCUT2D eigenvalue weighted by atomic mass is 14.8. The van der Waals surface area contributed by atoms with Gasteiger partial charge in [-0.15, -0.1) is 0 Å². The minimum absolute atomic E-state index is 0.